The quantitative estimate of drug-likeness (QED) is 0.392. The van der Waals surface area contributed by atoms with Gasteiger partial charge in [-0.3, -0.25) is 9.69 Å². The maximum absolute atomic E-state index is 14.0. The number of hydrogen-bond donors (Lipinski definition) is 0. The van der Waals surface area contributed by atoms with Gasteiger partial charge in [0, 0.05) is 38.3 Å². The summed E-state index contributed by atoms with van der Waals surface area (Å²) in [6.45, 7) is 5.64. The van der Waals surface area contributed by atoms with E-state index >= 15 is 0 Å². The van der Waals surface area contributed by atoms with Gasteiger partial charge in [-0.15, -0.1) is 0 Å². The third-order valence-electron chi connectivity index (χ3n) is 7.60. The number of fused-ring (bicyclic) bond motifs is 1. The first-order valence-corrected chi connectivity index (χ1v) is 14.9. The van der Waals surface area contributed by atoms with Crippen LogP contribution in [0.2, 0.25) is 0 Å². The monoisotopic (exact) mass is 529 g/mol. The van der Waals surface area contributed by atoms with Crippen LogP contribution in [0.1, 0.15) is 34.1 Å². The van der Waals surface area contributed by atoms with E-state index in [1.54, 1.807) is 4.68 Å². The summed E-state index contributed by atoms with van der Waals surface area (Å²) in [6, 6.07) is 21.8. The summed E-state index contributed by atoms with van der Waals surface area (Å²) in [5, 5.41) is 5.44. The van der Waals surface area contributed by atoms with Gasteiger partial charge in [-0.05, 0) is 25.0 Å². The van der Waals surface area contributed by atoms with E-state index in [4.69, 9.17) is 10.1 Å². The van der Waals surface area contributed by atoms with Crippen molar-refractivity contribution in [3.8, 4) is 11.3 Å². The standard InChI is InChI=1S/C29H31N5O3S/c1-21-27-25(29(35)33-15-13-32(14-16-33)19-22-8-4-2-5-9-22)18-26(23-10-6-3-7-11-23)30-28(27)34(31-21)24-12-17-38(36,37)20-24/h2-11,18,24H,12-17,19-20H2,1H3. The summed E-state index contributed by atoms with van der Waals surface area (Å²) in [4.78, 5) is 23.2. The average molecular weight is 530 g/mol. The lowest BCUT2D eigenvalue weighted by Gasteiger charge is -2.35. The maximum Gasteiger partial charge on any atom is 0.254 e. The molecule has 2 aliphatic heterocycles. The van der Waals surface area contributed by atoms with E-state index in [9.17, 15) is 13.2 Å². The normalized spacial score (nSPS) is 19.7. The number of aryl methyl sites for hydroxylation is 1. The largest absolute Gasteiger partial charge is 0.336 e. The van der Waals surface area contributed by atoms with Gasteiger partial charge in [0.2, 0.25) is 0 Å². The molecule has 0 aliphatic carbocycles. The third kappa shape index (κ3) is 4.83. The second-order valence-electron chi connectivity index (χ2n) is 10.3. The lowest BCUT2D eigenvalue weighted by atomic mass is 10.0. The Bertz CT molecular complexity index is 1580. The van der Waals surface area contributed by atoms with Crippen LogP contribution in [0.5, 0.6) is 0 Å². The molecule has 4 aromatic rings. The zero-order valence-corrected chi connectivity index (χ0v) is 22.3. The molecule has 0 saturated carbocycles. The molecule has 8 nitrogen and oxygen atoms in total. The first-order chi connectivity index (χ1) is 18.4. The summed E-state index contributed by atoms with van der Waals surface area (Å²) in [6.07, 6.45) is 0.502. The third-order valence-corrected chi connectivity index (χ3v) is 9.35. The Kier molecular flexibility index (Phi) is 6.49. The smallest absolute Gasteiger partial charge is 0.254 e. The van der Waals surface area contributed by atoms with Crippen LogP contribution in [0, 0.1) is 6.92 Å². The van der Waals surface area contributed by atoms with Crippen LogP contribution in [-0.2, 0) is 16.4 Å². The molecule has 0 radical (unpaired) electrons. The zero-order valence-electron chi connectivity index (χ0n) is 21.5. The van der Waals surface area contributed by atoms with E-state index < -0.39 is 9.84 Å². The molecule has 38 heavy (non-hydrogen) atoms. The molecular formula is C29H31N5O3S. The second-order valence-corrected chi connectivity index (χ2v) is 12.5. The molecule has 2 saturated heterocycles. The molecule has 2 fully saturated rings. The van der Waals surface area contributed by atoms with Crippen molar-refractivity contribution in [1.82, 2.24) is 24.6 Å². The summed E-state index contributed by atoms with van der Waals surface area (Å²) in [5.74, 6) is 0.165. The molecule has 1 amide bonds. The number of benzene rings is 2. The summed E-state index contributed by atoms with van der Waals surface area (Å²) in [7, 11) is -3.11. The Balaban J connectivity index is 1.34. The van der Waals surface area contributed by atoms with Gasteiger partial charge in [0.25, 0.3) is 5.91 Å². The summed E-state index contributed by atoms with van der Waals surface area (Å²) < 4.78 is 26.2. The Morgan fingerprint density at radius 1 is 0.974 bits per heavy atom. The van der Waals surface area contributed by atoms with Gasteiger partial charge >= 0.3 is 0 Å². The average Bonchev–Trinajstić information content (AvgIpc) is 3.47. The highest BCUT2D eigenvalue weighted by molar-refractivity contribution is 7.91. The number of nitrogens with zero attached hydrogens (tertiary/aromatic N) is 5. The Labute approximate surface area is 222 Å². The molecular weight excluding hydrogens is 498 g/mol. The summed E-state index contributed by atoms with van der Waals surface area (Å²) >= 11 is 0. The number of pyridine rings is 1. The molecule has 0 spiro atoms. The van der Waals surface area contributed by atoms with Crippen molar-refractivity contribution < 1.29 is 13.2 Å². The van der Waals surface area contributed by atoms with Gasteiger partial charge in [0.15, 0.2) is 15.5 Å². The van der Waals surface area contributed by atoms with Crippen LogP contribution >= 0.6 is 0 Å². The van der Waals surface area contributed by atoms with Crippen molar-refractivity contribution in [2.75, 3.05) is 37.7 Å². The van der Waals surface area contributed by atoms with E-state index in [1.165, 1.54) is 5.56 Å². The molecule has 2 aliphatic rings. The van der Waals surface area contributed by atoms with Gasteiger partial charge in [-0.1, -0.05) is 60.7 Å². The van der Waals surface area contributed by atoms with Crippen molar-refractivity contribution >= 4 is 26.8 Å². The number of piperazine rings is 1. The Morgan fingerprint density at radius 2 is 1.66 bits per heavy atom. The maximum atomic E-state index is 14.0. The van der Waals surface area contributed by atoms with Crippen molar-refractivity contribution in [2.24, 2.45) is 0 Å². The fourth-order valence-electron chi connectivity index (χ4n) is 5.58. The minimum Gasteiger partial charge on any atom is -0.336 e. The number of rotatable bonds is 5. The number of carbonyl (C=O) groups is 1. The highest BCUT2D eigenvalue weighted by Crippen LogP contribution is 2.32. The van der Waals surface area contributed by atoms with Crippen LogP contribution in [0.15, 0.2) is 66.7 Å². The molecule has 1 atom stereocenters. The van der Waals surface area contributed by atoms with E-state index in [0.717, 1.165) is 25.2 Å². The molecule has 2 aromatic heterocycles. The first-order valence-electron chi connectivity index (χ1n) is 13.1. The molecule has 196 valence electrons. The second kappa shape index (κ2) is 9.96. The van der Waals surface area contributed by atoms with Crippen LogP contribution in [-0.4, -0.2) is 76.6 Å². The highest BCUT2D eigenvalue weighted by atomic mass is 32.2. The molecule has 6 rings (SSSR count). The van der Waals surface area contributed by atoms with Gasteiger partial charge in [-0.25, -0.2) is 18.1 Å². The molecule has 0 bridgehead atoms. The molecule has 4 heterocycles. The van der Waals surface area contributed by atoms with Crippen molar-refractivity contribution in [1.29, 1.82) is 0 Å². The number of amides is 1. The molecule has 0 N–H and O–H groups in total. The molecule has 1 unspecified atom stereocenters. The number of hydrogen-bond acceptors (Lipinski definition) is 6. The van der Waals surface area contributed by atoms with Gasteiger partial charge in [-0.2, -0.15) is 5.10 Å². The number of aromatic nitrogens is 3. The van der Waals surface area contributed by atoms with Crippen molar-refractivity contribution in [3.05, 3.63) is 83.6 Å². The molecule has 9 heteroatoms. The van der Waals surface area contributed by atoms with Crippen LogP contribution in [0.3, 0.4) is 0 Å². The number of sulfone groups is 1. The van der Waals surface area contributed by atoms with Crippen LogP contribution in [0.4, 0.5) is 0 Å². The predicted molar refractivity (Wildman–Crippen MR) is 148 cm³/mol. The lowest BCUT2D eigenvalue weighted by molar-refractivity contribution is 0.0630. The van der Waals surface area contributed by atoms with Gasteiger partial charge < -0.3 is 4.90 Å². The topological polar surface area (TPSA) is 88.4 Å². The van der Waals surface area contributed by atoms with Gasteiger partial charge in [0.05, 0.1) is 39.9 Å². The fourth-order valence-corrected chi connectivity index (χ4v) is 7.27. The zero-order chi connectivity index (χ0) is 26.3. The van der Waals surface area contributed by atoms with E-state index in [0.29, 0.717) is 47.5 Å². The predicted octanol–water partition coefficient (Wildman–Crippen LogP) is 3.72. The summed E-state index contributed by atoms with van der Waals surface area (Å²) in [5.41, 5.74) is 4.72. The fraction of sp³-hybridized carbons (Fsp3) is 0.345. The van der Waals surface area contributed by atoms with Crippen LogP contribution in [0.25, 0.3) is 22.3 Å². The number of carbonyl (C=O) groups excluding carboxylic acids is 1. The lowest BCUT2D eigenvalue weighted by Crippen LogP contribution is -2.48. The Hall–Kier alpha value is -3.56. The van der Waals surface area contributed by atoms with E-state index in [-0.39, 0.29) is 23.5 Å². The highest BCUT2D eigenvalue weighted by Gasteiger charge is 2.33. The van der Waals surface area contributed by atoms with E-state index in [2.05, 4.69) is 29.2 Å². The molecule has 2 aromatic carbocycles. The van der Waals surface area contributed by atoms with Gasteiger partial charge in [0.1, 0.15) is 0 Å². The Morgan fingerprint density at radius 3 is 2.32 bits per heavy atom. The van der Waals surface area contributed by atoms with Crippen molar-refractivity contribution in [3.63, 3.8) is 0 Å². The minimum atomic E-state index is -3.11. The van der Waals surface area contributed by atoms with E-state index in [1.807, 2.05) is 54.3 Å². The minimum absolute atomic E-state index is 0.0318. The van der Waals surface area contributed by atoms with Crippen molar-refractivity contribution in [2.45, 2.75) is 25.9 Å². The van der Waals surface area contributed by atoms with Crippen LogP contribution < -0.4 is 0 Å². The first kappa shape index (κ1) is 24.8. The SMILES string of the molecule is Cc1nn(C2CCS(=O)(=O)C2)c2nc(-c3ccccc3)cc(C(=O)N3CCN(Cc4ccccc4)CC3)c12.